The van der Waals surface area contributed by atoms with E-state index < -0.39 is 193 Å². The molecule has 32 nitrogen and oxygen atoms in total. The highest BCUT2D eigenvalue weighted by Crippen LogP contribution is 2.61. The maximum Gasteiger partial charge on any atom is 0.219 e. The molecule has 36 heteroatoms. The summed E-state index contributed by atoms with van der Waals surface area (Å²) in [7, 11) is 1.04. The van der Waals surface area contributed by atoms with Crippen LogP contribution in [-0.4, -0.2) is 300 Å². The van der Waals surface area contributed by atoms with Gasteiger partial charge in [0.2, 0.25) is 11.4 Å². The third-order valence-electron chi connectivity index (χ3n) is 26.2. The summed E-state index contributed by atoms with van der Waals surface area (Å²) < 4.78 is 151. The van der Waals surface area contributed by atoms with Crippen LogP contribution in [0.1, 0.15) is 137 Å². The first-order valence-corrected chi connectivity index (χ1v) is 58.6. The van der Waals surface area contributed by atoms with Crippen LogP contribution < -0.4 is 0 Å². The standard InChI is InChI=1S/C21H28O6.2C15H24O5Si.2C14H22O5Si.C13H18O6/c1-19(2,3)24-15-11-14(22)21(15)17(23-12-13-9-7-6-8-10-13)16-18(27-21)26-20(4,5)25-16;1-8-10(21(5,6)7)11(16)15(8)12-9(13(17-4)20-15)18-14(2,3)19-12;1-8-10(16)15(12(8)21(5,6)7)11-9(13(17-4)20-15)18-14(2,3)19-11;1-13(2)17-9-11(18-13)14(19-12(9)16-3)7-8(10(14)15)20(4,5)6;1-13(2)17-10-11(18-13)14(19-12(10)16-3)8(15)7-9(14)20(4,5)6;1-5-16-8-6-7(14)13(8)10-9(11(15-4)19-13)17-12(2,3)18-10/h6-10,15-18H,11-12H2,1-5H3;9,12-13H,1-7H3;9,11,13H,1-7H3;7,9,11-12H,1-6H3;7,10-12H,1-6H3;6,9-11H,5H2,1-4H3/t15?,16-,17?,18-,21+;9?,12-,13-,15-;9?,11-,13-,15-;9?,11-,12-,14-;10?,11-,12-,14+;9-,10+,11-,13?/m011111/s1. The maximum atomic E-state index is 12.9. The molecule has 13 fully saturated rings. The minimum atomic E-state index is -1.72. The molecule has 0 bridgehead atoms. The summed E-state index contributed by atoms with van der Waals surface area (Å²) in [5.74, 6) is -4.00. The van der Waals surface area contributed by atoms with Gasteiger partial charge in [-0.05, 0) is 174 Å². The van der Waals surface area contributed by atoms with Crippen LogP contribution in [0, 0.1) is 0 Å². The van der Waals surface area contributed by atoms with Crippen LogP contribution in [0.15, 0.2) is 86.3 Å². The van der Waals surface area contributed by atoms with Gasteiger partial charge in [-0.1, -0.05) is 109 Å². The Morgan fingerprint density at radius 1 is 0.422 bits per heavy atom. The van der Waals surface area contributed by atoms with E-state index in [4.69, 9.17) is 123 Å². The number of carbonyl (C=O) groups excluding carboxylic acids is 6. The molecule has 0 N–H and O–H groups in total. The molecule has 6 aliphatic carbocycles. The Kier molecular flexibility index (Phi) is 25.8. The number of hydrogen-bond donors (Lipinski definition) is 0. The Morgan fingerprint density at radius 2 is 0.828 bits per heavy atom. The zero-order valence-corrected chi connectivity index (χ0v) is 85.3. The van der Waals surface area contributed by atoms with E-state index in [1.165, 1.54) is 13.2 Å². The average Bonchev–Trinajstić information content (AvgIpc) is 1.51. The van der Waals surface area contributed by atoms with E-state index in [1.54, 1.807) is 48.4 Å². The Bertz CT molecular complexity index is 4690. The van der Waals surface area contributed by atoms with Crippen molar-refractivity contribution in [2.45, 2.75) is 407 Å². The number of methoxy groups -OCH3 is 5. The number of carbonyl (C=O) groups is 6. The Balaban J connectivity index is 0.000000125. The van der Waals surface area contributed by atoms with E-state index in [9.17, 15) is 28.8 Å². The molecule has 7 unspecified atom stereocenters. The van der Waals surface area contributed by atoms with Gasteiger partial charge in [-0.15, -0.1) is 0 Å². The SMILES string of the molecule is CC(C)(C)OC1CC(=O)[C@@]12O[C@@H]1OC(C)(C)O[C@H]1C2OCc1ccccc1.CCOC1=CC(=O)C12O[C@@H](OC)[C@@H]1OC(C)(C)O[C@@H]12.CO[C@@H]1O[C@@]2(C=C([Si](C)(C)C)C2=O)[C@@H]2OC(C)(C)OC12.CO[C@@H]1O[C@]2(C(=O)C(C)=C2[Si](C)(C)C)[C@@H]2OC(C)(C)OC12.CO[C@@H]1O[C@]2(C(=O)C([Si](C)(C)C)=C2C)[C@@H]2OC(C)(C)OC12.CO[C@@H]1O[C@]2(C(=O)C=C2[Si](C)(C)C)[C@@H]2OC(C)(C)OC12. The quantitative estimate of drug-likeness (QED) is 0.147. The van der Waals surface area contributed by atoms with E-state index in [1.807, 2.05) is 147 Å². The van der Waals surface area contributed by atoms with E-state index in [0.717, 1.165) is 37.5 Å². The smallest absolute Gasteiger partial charge is 0.219 e. The lowest BCUT2D eigenvalue weighted by Crippen LogP contribution is -2.69. The van der Waals surface area contributed by atoms with Gasteiger partial charge in [0.15, 0.2) is 129 Å². The van der Waals surface area contributed by atoms with Gasteiger partial charge in [0, 0.05) is 48.0 Å². The molecule has 19 rings (SSSR count). The molecule has 1 saturated carbocycles. The van der Waals surface area contributed by atoms with Gasteiger partial charge in [-0.3, -0.25) is 28.8 Å². The molecule has 0 amide bonds. The van der Waals surface area contributed by atoms with Crippen molar-refractivity contribution in [3.63, 3.8) is 0 Å². The normalized spacial score (nSPS) is 41.3. The first-order valence-electron chi connectivity index (χ1n) is 44.6. The number of fused-ring (bicyclic) bond motifs is 11. The van der Waals surface area contributed by atoms with Crippen molar-refractivity contribution in [2.24, 2.45) is 0 Å². The molecular weight excluding hydrogens is 1730 g/mol. The van der Waals surface area contributed by atoms with Crippen LogP contribution in [-0.2, 0) is 159 Å². The molecule has 0 aromatic heterocycles. The van der Waals surface area contributed by atoms with Crippen molar-refractivity contribution >= 4 is 67.0 Å². The monoisotopic (exact) mass is 1870 g/mol. The van der Waals surface area contributed by atoms with E-state index in [0.29, 0.717) is 25.4 Å². The summed E-state index contributed by atoms with van der Waals surface area (Å²) in [6, 6.07) is 9.85. The largest absolute Gasteiger partial charge is 0.494 e. The third-order valence-corrected chi connectivity index (χ3v) is 34.7. The Labute approximate surface area is 756 Å². The average molecular weight is 1870 g/mol. The van der Waals surface area contributed by atoms with Crippen LogP contribution >= 0.6 is 0 Å². The highest BCUT2D eigenvalue weighted by molar-refractivity contribution is 6.89. The lowest BCUT2D eigenvalue weighted by atomic mass is 9.71. The summed E-state index contributed by atoms with van der Waals surface area (Å²) in [6.45, 7) is 60.8. The molecule has 12 aliphatic heterocycles. The highest BCUT2D eigenvalue weighted by Gasteiger charge is 2.79. The highest BCUT2D eigenvalue weighted by atomic mass is 28.3. The minimum Gasteiger partial charge on any atom is -0.494 e. The fourth-order valence-electron chi connectivity index (χ4n) is 21.4. The molecule has 6 spiro atoms. The van der Waals surface area contributed by atoms with Crippen molar-refractivity contribution in [3.8, 4) is 0 Å². The molecule has 12 saturated heterocycles. The molecule has 18 aliphatic rings. The van der Waals surface area contributed by atoms with Gasteiger partial charge in [-0.25, -0.2) is 0 Å². The minimum absolute atomic E-state index is 0.0192. The predicted molar refractivity (Wildman–Crippen MR) is 469 cm³/mol. The van der Waals surface area contributed by atoms with E-state index in [2.05, 4.69) is 78.6 Å². The lowest BCUT2D eigenvalue weighted by molar-refractivity contribution is -0.285. The van der Waals surface area contributed by atoms with Crippen LogP contribution in [0.4, 0.5) is 0 Å². The molecule has 1 aromatic rings. The summed E-state index contributed by atoms with van der Waals surface area (Å²) in [4.78, 5) is 75.5. The summed E-state index contributed by atoms with van der Waals surface area (Å²) in [5, 5.41) is 4.11. The lowest BCUT2D eigenvalue weighted by Gasteiger charge is -2.49. The topological polar surface area (TPSA) is 342 Å². The molecule has 12 heterocycles. The van der Waals surface area contributed by atoms with Gasteiger partial charge in [0.1, 0.15) is 85.1 Å². The molecule has 25 atom stereocenters. The first-order chi connectivity index (χ1) is 58.9. The van der Waals surface area contributed by atoms with Gasteiger partial charge in [0.05, 0.1) is 51.1 Å². The zero-order valence-electron chi connectivity index (χ0n) is 81.3. The summed E-state index contributed by atoms with van der Waals surface area (Å²) >= 11 is 0. The Hall–Kier alpha value is -4.39. The fourth-order valence-corrected chi connectivity index (χ4v) is 29.8. The fraction of sp³-hybridized carbons (Fsp3) is 0.761. The van der Waals surface area contributed by atoms with Crippen molar-refractivity contribution in [3.05, 3.63) is 91.8 Å². The number of benzene rings is 1. The number of ketones is 6. The second kappa shape index (κ2) is 33.2. The van der Waals surface area contributed by atoms with E-state index in [-0.39, 0.29) is 65.2 Å². The number of rotatable bonds is 15. The molecule has 1 aromatic carbocycles. The van der Waals surface area contributed by atoms with Crippen LogP contribution in [0.5, 0.6) is 0 Å². The van der Waals surface area contributed by atoms with Gasteiger partial charge >= 0.3 is 0 Å². The molecule has 128 heavy (non-hydrogen) atoms. The van der Waals surface area contributed by atoms with Crippen LogP contribution in [0.2, 0.25) is 78.6 Å². The zero-order chi connectivity index (χ0) is 94.7. The molecule has 714 valence electrons. The summed E-state index contributed by atoms with van der Waals surface area (Å²) in [6.07, 6.45) is -3.69. The Morgan fingerprint density at radius 3 is 1.23 bits per heavy atom. The van der Waals surface area contributed by atoms with Crippen molar-refractivity contribution < 1.29 is 152 Å². The van der Waals surface area contributed by atoms with Gasteiger partial charge < -0.3 is 123 Å². The number of ether oxygens (including phenoxy) is 26. The second-order valence-electron chi connectivity index (χ2n) is 43.7. The predicted octanol–water partition coefficient (Wildman–Crippen LogP) is 11.0. The first kappa shape index (κ1) is 99.6. The van der Waals surface area contributed by atoms with Crippen molar-refractivity contribution in [2.75, 3.05) is 42.2 Å². The van der Waals surface area contributed by atoms with E-state index >= 15 is 0 Å². The third kappa shape index (κ3) is 16.5. The number of Topliss-reactive ketones (excluding diaryl/α,β-unsaturated/α-hetero) is 4. The summed E-state index contributed by atoms with van der Waals surface area (Å²) in [5.41, 5.74) is -3.90. The van der Waals surface area contributed by atoms with Crippen molar-refractivity contribution in [1.29, 1.82) is 0 Å². The van der Waals surface area contributed by atoms with Crippen molar-refractivity contribution in [1.82, 2.24) is 0 Å². The second-order valence-corrected chi connectivity index (χ2v) is 63.7. The molecular formula is C92H138O32Si4. The van der Waals surface area contributed by atoms with Gasteiger partial charge in [-0.2, -0.15) is 0 Å². The molecule has 0 radical (unpaired) electrons. The van der Waals surface area contributed by atoms with Crippen LogP contribution in [0.3, 0.4) is 0 Å². The number of hydrogen-bond acceptors (Lipinski definition) is 32. The maximum absolute atomic E-state index is 12.9. The van der Waals surface area contributed by atoms with Crippen LogP contribution in [0.25, 0.3) is 0 Å². The van der Waals surface area contributed by atoms with Gasteiger partial charge in [0.25, 0.3) is 0 Å².